The number of rotatable bonds is 6. The molecule has 1 heterocycles. The minimum absolute atomic E-state index is 0.344. The second-order valence-electron chi connectivity index (χ2n) is 6.62. The summed E-state index contributed by atoms with van der Waals surface area (Å²) in [4.78, 5) is 5.22. The van der Waals surface area contributed by atoms with Crippen molar-refractivity contribution in [3.8, 4) is 0 Å². The number of hydrogen-bond donors (Lipinski definition) is 1. The monoisotopic (exact) mass is 255 g/mol. The standard InChI is InChI=1S/C15H33N3/c1-6-8-17-9-11-18(12-10-17)13-14(16-7-2)15(3,4)5/h14,16H,6-13H2,1-5H3. The molecule has 0 aromatic carbocycles. The maximum Gasteiger partial charge on any atom is 0.0243 e. The Morgan fingerprint density at radius 1 is 1.00 bits per heavy atom. The van der Waals surface area contributed by atoms with E-state index in [0.717, 1.165) is 6.54 Å². The van der Waals surface area contributed by atoms with Crippen molar-refractivity contribution in [3.05, 3.63) is 0 Å². The fraction of sp³-hybridized carbons (Fsp3) is 1.00. The van der Waals surface area contributed by atoms with Gasteiger partial charge in [0.1, 0.15) is 0 Å². The Labute approximate surface area is 114 Å². The first kappa shape index (κ1) is 15.9. The van der Waals surface area contributed by atoms with Crippen molar-refractivity contribution in [3.63, 3.8) is 0 Å². The molecule has 0 bridgehead atoms. The molecule has 1 aliphatic heterocycles. The number of nitrogens with one attached hydrogen (secondary N) is 1. The van der Waals surface area contributed by atoms with Gasteiger partial charge in [-0.2, -0.15) is 0 Å². The van der Waals surface area contributed by atoms with Crippen LogP contribution in [0.5, 0.6) is 0 Å². The second kappa shape index (κ2) is 7.46. The van der Waals surface area contributed by atoms with E-state index in [1.54, 1.807) is 0 Å². The van der Waals surface area contributed by atoms with E-state index >= 15 is 0 Å². The Bertz CT molecular complexity index is 214. The lowest BCUT2D eigenvalue weighted by atomic mass is 9.86. The molecular formula is C15H33N3. The summed E-state index contributed by atoms with van der Waals surface area (Å²) in [6.45, 7) is 20.0. The molecular weight excluding hydrogens is 222 g/mol. The zero-order valence-corrected chi connectivity index (χ0v) is 13.1. The lowest BCUT2D eigenvalue weighted by Crippen LogP contribution is -2.53. The number of piperazine rings is 1. The van der Waals surface area contributed by atoms with Gasteiger partial charge in [0.2, 0.25) is 0 Å². The Morgan fingerprint density at radius 3 is 2.00 bits per heavy atom. The maximum atomic E-state index is 3.65. The van der Waals surface area contributed by atoms with Crippen LogP contribution in [0.25, 0.3) is 0 Å². The molecule has 0 amide bonds. The SMILES string of the molecule is CCCN1CCN(CC(NCC)C(C)(C)C)CC1. The third-order valence-electron chi connectivity index (χ3n) is 3.94. The number of hydrogen-bond acceptors (Lipinski definition) is 3. The molecule has 0 spiro atoms. The summed E-state index contributed by atoms with van der Waals surface area (Å²) < 4.78 is 0. The fourth-order valence-electron chi connectivity index (χ4n) is 2.66. The van der Waals surface area contributed by atoms with Crippen LogP contribution in [0.1, 0.15) is 41.0 Å². The van der Waals surface area contributed by atoms with Gasteiger partial charge in [-0.3, -0.25) is 4.90 Å². The molecule has 18 heavy (non-hydrogen) atoms. The average Bonchev–Trinajstić information content (AvgIpc) is 2.30. The van der Waals surface area contributed by atoms with Gasteiger partial charge in [-0.25, -0.2) is 0 Å². The van der Waals surface area contributed by atoms with Crippen LogP contribution in [-0.4, -0.2) is 61.7 Å². The predicted octanol–water partition coefficient (Wildman–Crippen LogP) is 2.04. The van der Waals surface area contributed by atoms with E-state index in [4.69, 9.17) is 0 Å². The van der Waals surface area contributed by atoms with E-state index in [1.807, 2.05) is 0 Å². The van der Waals surface area contributed by atoms with Crippen LogP contribution in [0.15, 0.2) is 0 Å². The Morgan fingerprint density at radius 2 is 1.56 bits per heavy atom. The second-order valence-corrected chi connectivity index (χ2v) is 6.62. The van der Waals surface area contributed by atoms with E-state index in [0.29, 0.717) is 11.5 Å². The molecule has 0 aliphatic carbocycles. The lowest BCUT2D eigenvalue weighted by Gasteiger charge is -2.40. The molecule has 1 unspecified atom stereocenters. The molecule has 108 valence electrons. The molecule has 1 fully saturated rings. The van der Waals surface area contributed by atoms with Gasteiger partial charge in [0.25, 0.3) is 0 Å². The Hall–Kier alpha value is -0.120. The molecule has 1 N–H and O–H groups in total. The largest absolute Gasteiger partial charge is 0.312 e. The van der Waals surface area contributed by atoms with E-state index in [2.05, 4.69) is 49.7 Å². The maximum absolute atomic E-state index is 3.65. The summed E-state index contributed by atoms with van der Waals surface area (Å²) in [6.07, 6.45) is 1.28. The molecule has 1 rings (SSSR count). The van der Waals surface area contributed by atoms with Crippen molar-refractivity contribution in [1.82, 2.24) is 15.1 Å². The first-order valence-electron chi connectivity index (χ1n) is 7.65. The third-order valence-corrected chi connectivity index (χ3v) is 3.94. The zero-order valence-electron chi connectivity index (χ0n) is 13.1. The minimum atomic E-state index is 0.344. The highest BCUT2D eigenvalue weighted by molar-refractivity contribution is 4.85. The van der Waals surface area contributed by atoms with Crippen molar-refractivity contribution < 1.29 is 0 Å². The first-order chi connectivity index (χ1) is 8.47. The summed E-state index contributed by atoms with van der Waals surface area (Å²) in [5.74, 6) is 0. The Kier molecular flexibility index (Phi) is 6.61. The van der Waals surface area contributed by atoms with Gasteiger partial charge in [0.05, 0.1) is 0 Å². The highest BCUT2D eigenvalue weighted by Gasteiger charge is 2.27. The van der Waals surface area contributed by atoms with Gasteiger partial charge in [0.15, 0.2) is 0 Å². The van der Waals surface area contributed by atoms with Crippen LogP contribution < -0.4 is 5.32 Å². The molecule has 0 aromatic rings. The fourth-order valence-corrected chi connectivity index (χ4v) is 2.66. The molecule has 1 aliphatic rings. The average molecular weight is 255 g/mol. The molecule has 0 saturated carbocycles. The summed E-state index contributed by atoms with van der Waals surface area (Å²) in [5.41, 5.74) is 0.344. The smallest absolute Gasteiger partial charge is 0.0243 e. The van der Waals surface area contributed by atoms with Crippen LogP contribution in [-0.2, 0) is 0 Å². The van der Waals surface area contributed by atoms with Gasteiger partial charge in [-0.05, 0) is 24.9 Å². The highest BCUT2D eigenvalue weighted by Crippen LogP contribution is 2.20. The number of likely N-dealkylation sites (N-methyl/N-ethyl adjacent to an activating group) is 1. The highest BCUT2D eigenvalue weighted by atomic mass is 15.3. The third kappa shape index (κ3) is 5.25. The summed E-state index contributed by atoms with van der Waals surface area (Å²) >= 11 is 0. The lowest BCUT2D eigenvalue weighted by molar-refractivity contribution is 0.103. The predicted molar refractivity (Wildman–Crippen MR) is 80.1 cm³/mol. The van der Waals surface area contributed by atoms with Crippen LogP contribution in [0.3, 0.4) is 0 Å². The quantitative estimate of drug-likeness (QED) is 0.783. The molecule has 0 aromatic heterocycles. The summed E-state index contributed by atoms with van der Waals surface area (Å²) in [5, 5.41) is 3.65. The van der Waals surface area contributed by atoms with Crippen LogP contribution in [0.4, 0.5) is 0 Å². The normalized spacial score (nSPS) is 21.2. The first-order valence-corrected chi connectivity index (χ1v) is 7.65. The molecule has 3 heteroatoms. The van der Waals surface area contributed by atoms with E-state index in [-0.39, 0.29) is 0 Å². The van der Waals surface area contributed by atoms with Crippen molar-refractivity contribution in [2.24, 2.45) is 5.41 Å². The number of nitrogens with zero attached hydrogens (tertiary/aromatic N) is 2. The van der Waals surface area contributed by atoms with Gasteiger partial charge in [-0.15, -0.1) is 0 Å². The van der Waals surface area contributed by atoms with Gasteiger partial charge in [0, 0.05) is 38.8 Å². The van der Waals surface area contributed by atoms with Crippen molar-refractivity contribution in [2.45, 2.75) is 47.1 Å². The zero-order chi connectivity index (χ0) is 13.6. The molecule has 1 saturated heterocycles. The van der Waals surface area contributed by atoms with Crippen molar-refractivity contribution in [1.29, 1.82) is 0 Å². The van der Waals surface area contributed by atoms with Crippen LogP contribution in [0, 0.1) is 5.41 Å². The van der Waals surface area contributed by atoms with Crippen LogP contribution >= 0.6 is 0 Å². The van der Waals surface area contributed by atoms with E-state index in [9.17, 15) is 0 Å². The van der Waals surface area contributed by atoms with Crippen LogP contribution in [0.2, 0.25) is 0 Å². The molecule has 1 atom stereocenters. The summed E-state index contributed by atoms with van der Waals surface area (Å²) in [7, 11) is 0. The molecule has 3 nitrogen and oxygen atoms in total. The van der Waals surface area contributed by atoms with Gasteiger partial charge < -0.3 is 10.2 Å². The molecule has 0 radical (unpaired) electrons. The van der Waals surface area contributed by atoms with E-state index in [1.165, 1.54) is 45.7 Å². The topological polar surface area (TPSA) is 18.5 Å². The van der Waals surface area contributed by atoms with E-state index < -0.39 is 0 Å². The van der Waals surface area contributed by atoms with Crippen molar-refractivity contribution in [2.75, 3.05) is 45.8 Å². The minimum Gasteiger partial charge on any atom is -0.312 e. The Balaban J connectivity index is 2.38. The summed E-state index contributed by atoms with van der Waals surface area (Å²) in [6, 6.07) is 0.597. The van der Waals surface area contributed by atoms with Crippen molar-refractivity contribution >= 4 is 0 Å². The van der Waals surface area contributed by atoms with Gasteiger partial charge in [-0.1, -0.05) is 34.6 Å². The van der Waals surface area contributed by atoms with Gasteiger partial charge >= 0.3 is 0 Å².